The van der Waals surface area contributed by atoms with Crippen LogP contribution >= 0.6 is 0 Å². The highest BCUT2D eigenvalue weighted by atomic mass is 16.5. The largest absolute Gasteiger partial charge is 0.423 e. The van der Waals surface area contributed by atoms with Crippen LogP contribution in [0.25, 0.3) is 0 Å². The summed E-state index contributed by atoms with van der Waals surface area (Å²) in [7, 11) is 0. The van der Waals surface area contributed by atoms with Crippen LogP contribution in [0, 0.1) is 30.6 Å². The zero-order chi connectivity index (χ0) is 21.9. The first-order valence-electron chi connectivity index (χ1n) is 10.8. The Kier molecular flexibility index (Phi) is 4.58. The molecule has 2 aromatic rings. The number of rotatable bonds is 4. The van der Waals surface area contributed by atoms with Crippen LogP contribution in [0.4, 0.5) is 5.69 Å². The number of ether oxygens (including phenoxy) is 1. The minimum Gasteiger partial charge on any atom is -0.423 e. The fraction of sp³-hybridized carbons (Fsp3) is 0.346. The smallest absolute Gasteiger partial charge is 0.343 e. The predicted molar refractivity (Wildman–Crippen MR) is 117 cm³/mol. The van der Waals surface area contributed by atoms with E-state index in [0.717, 1.165) is 17.5 Å². The van der Waals surface area contributed by atoms with E-state index in [9.17, 15) is 14.4 Å². The third-order valence-corrected chi connectivity index (χ3v) is 6.80. The first-order valence-corrected chi connectivity index (χ1v) is 10.8. The van der Waals surface area contributed by atoms with Crippen LogP contribution in [0.2, 0.25) is 0 Å². The summed E-state index contributed by atoms with van der Waals surface area (Å²) in [5.74, 6) is -0.292. The Labute approximate surface area is 181 Å². The van der Waals surface area contributed by atoms with Crippen molar-refractivity contribution in [1.82, 2.24) is 0 Å². The van der Waals surface area contributed by atoms with E-state index in [1.165, 1.54) is 4.90 Å². The molecule has 2 aromatic carbocycles. The molecule has 5 nitrogen and oxygen atoms in total. The van der Waals surface area contributed by atoms with Crippen LogP contribution in [-0.2, 0) is 9.59 Å². The zero-order valence-corrected chi connectivity index (χ0v) is 17.9. The molecule has 1 aliphatic heterocycles. The molecule has 0 spiro atoms. The Morgan fingerprint density at radius 2 is 1.68 bits per heavy atom. The van der Waals surface area contributed by atoms with Crippen molar-refractivity contribution in [2.24, 2.45) is 23.7 Å². The lowest BCUT2D eigenvalue weighted by molar-refractivity contribution is -0.123. The number of esters is 1. The zero-order valence-electron chi connectivity index (χ0n) is 17.9. The van der Waals surface area contributed by atoms with E-state index in [-0.39, 0.29) is 41.4 Å². The quantitative estimate of drug-likeness (QED) is 0.316. The second-order valence-electron chi connectivity index (χ2n) is 9.15. The Bertz CT molecular complexity index is 1100. The summed E-state index contributed by atoms with van der Waals surface area (Å²) >= 11 is 0. The number of anilines is 1. The summed E-state index contributed by atoms with van der Waals surface area (Å²) in [6.45, 7) is 6.05. The topological polar surface area (TPSA) is 63.7 Å². The van der Waals surface area contributed by atoms with Gasteiger partial charge in [0.05, 0.1) is 23.1 Å². The SMILES string of the molecule is Cc1ccc(C(C)C)c(OC(=O)c2cccc(N3C(=O)[C@@H]4[C@H](C3=O)[C@H]3C=C[C@H]4C3)c2)c1. The number of benzene rings is 2. The summed E-state index contributed by atoms with van der Waals surface area (Å²) < 4.78 is 5.73. The number of hydrogen-bond donors (Lipinski definition) is 0. The minimum absolute atomic E-state index is 0.153. The summed E-state index contributed by atoms with van der Waals surface area (Å²) in [6.07, 6.45) is 5.03. The maximum absolute atomic E-state index is 13.1. The van der Waals surface area contributed by atoms with E-state index >= 15 is 0 Å². The van der Waals surface area contributed by atoms with E-state index in [1.54, 1.807) is 24.3 Å². The van der Waals surface area contributed by atoms with Crippen LogP contribution in [0.1, 0.15) is 47.7 Å². The van der Waals surface area contributed by atoms with E-state index in [4.69, 9.17) is 4.74 Å². The minimum atomic E-state index is -0.504. The molecule has 5 rings (SSSR count). The van der Waals surface area contributed by atoms with Gasteiger partial charge in [-0.1, -0.05) is 44.2 Å². The summed E-state index contributed by atoms with van der Waals surface area (Å²) in [4.78, 5) is 40.3. The number of hydrogen-bond acceptors (Lipinski definition) is 4. The predicted octanol–water partition coefficient (Wildman–Crippen LogP) is 4.65. The van der Waals surface area contributed by atoms with Crippen molar-refractivity contribution in [3.05, 3.63) is 71.3 Å². The standard InChI is InChI=1S/C26H25NO4/c1-14(2)20-10-7-15(3)11-21(20)31-26(30)18-5-4-6-19(13-18)27-24(28)22-16-8-9-17(12-16)23(22)25(27)29/h4-11,13-14,16-17,22-23H,12H2,1-3H3/t16-,17-,22-,23+/m0/s1. The highest BCUT2D eigenvalue weighted by Crippen LogP contribution is 2.53. The van der Waals surface area contributed by atoms with E-state index < -0.39 is 5.97 Å². The third kappa shape index (κ3) is 3.11. The second-order valence-corrected chi connectivity index (χ2v) is 9.15. The number of carbonyl (C=O) groups excluding carboxylic acids is 3. The second kappa shape index (κ2) is 7.19. The molecule has 0 unspecified atom stereocenters. The van der Waals surface area contributed by atoms with Gasteiger partial charge in [0.15, 0.2) is 0 Å². The molecule has 31 heavy (non-hydrogen) atoms. The van der Waals surface area contributed by atoms with Gasteiger partial charge in [0.2, 0.25) is 11.8 Å². The molecular weight excluding hydrogens is 390 g/mol. The molecule has 0 N–H and O–H groups in total. The van der Waals surface area contributed by atoms with Gasteiger partial charge in [-0.25, -0.2) is 9.69 Å². The maximum Gasteiger partial charge on any atom is 0.343 e. The molecule has 3 aliphatic rings. The number of carbonyl (C=O) groups is 3. The Morgan fingerprint density at radius 3 is 2.32 bits per heavy atom. The van der Waals surface area contributed by atoms with Crippen molar-refractivity contribution in [2.75, 3.05) is 4.90 Å². The van der Waals surface area contributed by atoms with Crippen molar-refractivity contribution in [3.63, 3.8) is 0 Å². The van der Waals surface area contributed by atoms with Crippen molar-refractivity contribution in [3.8, 4) is 5.75 Å². The number of imide groups is 1. The third-order valence-electron chi connectivity index (χ3n) is 6.80. The lowest BCUT2D eigenvalue weighted by Gasteiger charge is -2.18. The molecule has 2 bridgehead atoms. The van der Waals surface area contributed by atoms with Gasteiger partial charge >= 0.3 is 5.97 Å². The van der Waals surface area contributed by atoms with Crippen LogP contribution in [-0.4, -0.2) is 17.8 Å². The molecule has 5 heteroatoms. The van der Waals surface area contributed by atoms with E-state index in [2.05, 4.69) is 12.2 Å². The average Bonchev–Trinajstić information content (AvgIpc) is 3.41. The lowest BCUT2D eigenvalue weighted by Crippen LogP contribution is -2.33. The fourth-order valence-corrected chi connectivity index (χ4v) is 5.29. The van der Waals surface area contributed by atoms with Crippen molar-refractivity contribution in [1.29, 1.82) is 0 Å². The first kappa shape index (κ1) is 19.7. The van der Waals surface area contributed by atoms with Crippen molar-refractivity contribution < 1.29 is 19.1 Å². The maximum atomic E-state index is 13.1. The molecule has 4 atom stereocenters. The monoisotopic (exact) mass is 415 g/mol. The van der Waals surface area contributed by atoms with Gasteiger partial charge in [0.1, 0.15) is 5.75 Å². The fourth-order valence-electron chi connectivity index (χ4n) is 5.29. The molecule has 1 saturated heterocycles. The first-order chi connectivity index (χ1) is 14.8. The molecule has 158 valence electrons. The van der Waals surface area contributed by atoms with Gasteiger partial charge in [-0.2, -0.15) is 0 Å². The molecular formula is C26H25NO4. The number of allylic oxidation sites excluding steroid dienone is 2. The normalized spacial score (nSPS) is 26.1. The van der Waals surface area contributed by atoms with Gasteiger partial charge in [-0.15, -0.1) is 0 Å². The molecule has 1 saturated carbocycles. The van der Waals surface area contributed by atoms with E-state index in [0.29, 0.717) is 17.0 Å². The van der Waals surface area contributed by atoms with Gasteiger partial charge in [-0.3, -0.25) is 9.59 Å². The summed E-state index contributed by atoms with van der Waals surface area (Å²) in [6, 6.07) is 12.4. The number of amides is 2. The molecule has 1 heterocycles. The lowest BCUT2D eigenvalue weighted by atomic mass is 9.85. The van der Waals surface area contributed by atoms with Gasteiger partial charge in [0, 0.05) is 0 Å². The average molecular weight is 415 g/mol. The number of aryl methyl sites for hydroxylation is 1. The van der Waals surface area contributed by atoms with Crippen molar-refractivity contribution in [2.45, 2.75) is 33.1 Å². The van der Waals surface area contributed by atoms with Gasteiger partial charge in [-0.05, 0) is 66.5 Å². The molecule has 0 radical (unpaired) electrons. The number of nitrogens with zero attached hydrogens (tertiary/aromatic N) is 1. The van der Waals surface area contributed by atoms with Crippen LogP contribution in [0.3, 0.4) is 0 Å². The van der Waals surface area contributed by atoms with Gasteiger partial charge in [0.25, 0.3) is 0 Å². The number of fused-ring (bicyclic) bond motifs is 5. The van der Waals surface area contributed by atoms with Crippen LogP contribution in [0.15, 0.2) is 54.6 Å². The van der Waals surface area contributed by atoms with Crippen LogP contribution < -0.4 is 9.64 Å². The Hall–Kier alpha value is -3.21. The molecule has 2 aliphatic carbocycles. The Morgan fingerprint density at radius 1 is 1.00 bits per heavy atom. The Balaban J connectivity index is 1.42. The molecule has 2 fully saturated rings. The van der Waals surface area contributed by atoms with Crippen molar-refractivity contribution >= 4 is 23.5 Å². The molecule has 2 amide bonds. The van der Waals surface area contributed by atoms with Gasteiger partial charge < -0.3 is 4.74 Å². The highest BCUT2D eigenvalue weighted by Gasteiger charge is 2.59. The van der Waals surface area contributed by atoms with E-state index in [1.807, 2.05) is 39.0 Å². The molecule has 0 aromatic heterocycles. The highest BCUT2D eigenvalue weighted by molar-refractivity contribution is 6.23. The summed E-state index contributed by atoms with van der Waals surface area (Å²) in [5.41, 5.74) is 2.71. The summed E-state index contributed by atoms with van der Waals surface area (Å²) in [5, 5.41) is 0. The van der Waals surface area contributed by atoms with Crippen LogP contribution in [0.5, 0.6) is 5.75 Å².